The van der Waals surface area contributed by atoms with Crippen LogP contribution in [0.1, 0.15) is 73.6 Å². The maximum Gasteiger partial charge on any atom is 0.481 e. The molecule has 6 rings (SSSR count). The summed E-state index contributed by atoms with van der Waals surface area (Å²) >= 11 is 0. The molecule has 1 aromatic heterocycles. The molecule has 56 heavy (non-hydrogen) atoms. The van der Waals surface area contributed by atoms with Crippen molar-refractivity contribution in [3.05, 3.63) is 48.7 Å². The Morgan fingerprint density at radius 1 is 0.929 bits per heavy atom. The van der Waals surface area contributed by atoms with E-state index in [1.54, 1.807) is 13.0 Å². The number of benzene rings is 1. The number of aliphatic hydroxyl groups is 1. The molecule has 4 fully saturated rings. The molecule has 6 unspecified atom stereocenters. The Bertz CT molecular complexity index is 1840. The van der Waals surface area contributed by atoms with E-state index in [-0.39, 0.29) is 23.0 Å². The molecule has 16 nitrogen and oxygen atoms in total. The topological polar surface area (TPSA) is 240 Å². The number of carbonyl (C=O) groups is 4. The zero-order valence-corrected chi connectivity index (χ0v) is 33.7. The third-order valence-electron chi connectivity index (χ3n) is 11.7. The minimum Gasteiger partial charge on any atom is -0.404 e. The molecule has 4 aliphatic rings. The average Bonchev–Trinajstić information content (AvgIpc) is 3.53. The molecule has 3 aliphatic carbocycles. The van der Waals surface area contributed by atoms with Gasteiger partial charge in [0.25, 0.3) is 10.0 Å². The van der Waals surface area contributed by atoms with E-state index in [1.807, 2.05) is 30.3 Å². The SMILES string of the molecule is CC(O)C(NC(=O)CNS(=O)(=O)c1ccc(-c2ccccc2)cn1)C(=O)N[C@@H](C)C(=O)NC(CCCCN)C(=O)N[C@@H](C)B1OC2CC3CC(C3(C)C)[C@]2(C)O1. The summed E-state index contributed by atoms with van der Waals surface area (Å²) in [6.07, 6.45) is 3.37. The molecule has 4 amide bonds. The number of unbranched alkanes of at least 4 members (excludes halogenated alkanes) is 1. The number of aliphatic hydroxyl groups excluding tert-OH is 1. The standard InChI is InChI=1S/C38H56BN7O9S/c1-22(43-36(51)33(23(2)47)46-31(48)21-42-56(52,53)32-16-15-26(20-41-32)25-12-8-7-9-13-25)34(49)45-28(14-10-11-17-40)35(50)44-24(3)39-54-30-19-27-18-29(37(27,4)5)38(30,6)55-39/h7-9,12-13,15-16,20,22-24,27-30,33,42,47H,10-11,14,17-19,21,40H2,1-6H3,(H,43,51)(H,44,50)(H,45,49)(H,46,48)/t22-,23?,24-,27?,28?,29?,30?,33?,38-/m0/s1. The highest BCUT2D eigenvalue weighted by Gasteiger charge is 2.68. The van der Waals surface area contributed by atoms with Crippen LogP contribution in [0.25, 0.3) is 11.1 Å². The summed E-state index contributed by atoms with van der Waals surface area (Å²) in [6.45, 7) is 10.7. The van der Waals surface area contributed by atoms with Gasteiger partial charge in [-0.3, -0.25) is 19.2 Å². The van der Waals surface area contributed by atoms with Gasteiger partial charge < -0.3 is 41.4 Å². The lowest BCUT2D eigenvalue weighted by Gasteiger charge is -2.64. The highest BCUT2D eigenvalue weighted by molar-refractivity contribution is 7.89. The fraction of sp³-hybridized carbons (Fsp3) is 0.605. The molecule has 0 spiro atoms. The Kier molecular flexibility index (Phi) is 13.6. The maximum absolute atomic E-state index is 13.6. The highest BCUT2D eigenvalue weighted by Crippen LogP contribution is 2.65. The van der Waals surface area contributed by atoms with Gasteiger partial charge >= 0.3 is 7.12 Å². The predicted molar refractivity (Wildman–Crippen MR) is 209 cm³/mol. The van der Waals surface area contributed by atoms with Gasteiger partial charge in [0.05, 0.1) is 30.3 Å². The second kappa shape index (κ2) is 17.7. The van der Waals surface area contributed by atoms with E-state index in [0.717, 1.165) is 18.4 Å². The van der Waals surface area contributed by atoms with Crippen molar-refractivity contribution >= 4 is 40.8 Å². The van der Waals surface area contributed by atoms with Crippen molar-refractivity contribution in [3.63, 3.8) is 0 Å². The van der Waals surface area contributed by atoms with Crippen molar-refractivity contribution in [2.45, 2.75) is 121 Å². The van der Waals surface area contributed by atoms with E-state index in [4.69, 9.17) is 15.0 Å². The number of rotatable bonds is 18. The van der Waals surface area contributed by atoms with Crippen molar-refractivity contribution in [1.82, 2.24) is 31.0 Å². The molecule has 306 valence electrons. The first-order chi connectivity index (χ1) is 26.4. The zero-order chi connectivity index (χ0) is 41.0. The lowest BCUT2D eigenvalue weighted by molar-refractivity contribution is -0.199. The fourth-order valence-electron chi connectivity index (χ4n) is 8.14. The van der Waals surface area contributed by atoms with E-state index in [0.29, 0.717) is 36.8 Å². The summed E-state index contributed by atoms with van der Waals surface area (Å²) in [5.74, 6) is -2.54. The first-order valence-corrected chi connectivity index (χ1v) is 20.8. The Balaban J connectivity index is 1.12. The Labute approximate surface area is 329 Å². The maximum atomic E-state index is 13.6. The van der Waals surface area contributed by atoms with Gasteiger partial charge in [-0.05, 0) is 101 Å². The number of aromatic nitrogens is 1. The van der Waals surface area contributed by atoms with Crippen molar-refractivity contribution < 1.29 is 42.0 Å². The quantitative estimate of drug-likeness (QED) is 0.0822. The Morgan fingerprint density at radius 2 is 1.64 bits per heavy atom. The van der Waals surface area contributed by atoms with Gasteiger partial charge in [-0.15, -0.1) is 0 Å². The van der Waals surface area contributed by atoms with E-state index in [2.05, 4.69) is 51.7 Å². The normalized spacial score (nSPS) is 25.0. The van der Waals surface area contributed by atoms with Crippen LogP contribution < -0.4 is 31.7 Å². The first kappa shape index (κ1) is 43.2. The summed E-state index contributed by atoms with van der Waals surface area (Å²) < 4.78 is 40.6. The number of sulfonamides is 1. The molecule has 1 saturated heterocycles. The number of amides is 4. The number of hydrogen-bond acceptors (Lipinski definition) is 11. The fourth-order valence-corrected chi connectivity index (χ4v) is 9.05. The van der Waals surface area contributed by atoms with Crippen LogP contribution >= 0.6 is 0 Å². The molecule has 1 aliphatic heterocycles. The summed E-state index contributed by atoms with van der Waals surface area (Å²) in [5.41, 5.74) is 6.95. The van der Waals surface area contributed by atoms with Crippen LogP contribution in [0.5, 0.6) is 0 Å². The third-order valence-corrected chi connectivity index (χ3v) is 13.0. The van der Waals surface area contributed by atoms with Crippen LogP contribution in [0.3, 0.4) is 0 Å². The molecule has 0 radical (unpaired) electrons. The van der Waals surface area contributed by atoms with Crippen molar-refractivity contribution in [2.75, 3.05) is 13.1 Å². The van der Waals surface area contributed by atoms with Crippen molar-refractivity contribution in [2.24, 2.45) is 23.0 Å². The highest BCUT2D eigenvalue weighted by atomic mass is 32.2. The van der Waals surface area contributed by atoms with Crippen LogP contribution in [-0.2, 0) is 38.5 Å². The molecule has 18 heteroatoms. The summed E-state index contributed by atoms with van der Waals surface area (Å²) in [7, 11) is -4.86. The smallest absolute Gasteiger partial charge is 0.404 e. The monoisotopic (exact) mass is 797 g/mol. The van der Waals surface area contributed by atoms with Gasteiger partial charge in [0.1, 0.15) is 18.1 Å². The number of pyridine rings is 1. The van der Waals surface area contributed by atoms with Crippen molar-refractivity contribution in [1.29, 1.82) is 0 Å². The summed E-state index contributed by atoms with van der Waals surface area (Å²) in [5, 5.41) is 20.5. The van der Waals surface area contributed by atoms with Gasteiger partial charge in [0.2, 0.25) is 23.6 Å². The Morgan fingerprint density at radius 3 is 2.27 bits per heavy atom. The second-order valence-corrected chi connectivity index (χ2v) is 17.8. The molecule has 2 aromatic rings. The van der Waals surface area contributed by atoms with Crippen molar-refractivity contribution in [3.8, 4) is 11.1 Å². The second-order valence-electron chi connectivity index (χ2n) is 16.1. The number of nitrogens with one attached hydrogen (secondary N) is 5. The molecule has 2 heterocycles. The molecule has 9 atom stereocenters. The Hall–Kier alpha value is -3.94. The van der Waals surface area contributed by atoms with E-state index in [9.17, 15) is 32.7 Å². The molecule has 3 saturated carbocycles. The third kappa shape index (κ3) is 9.60. The number of nitrogens with zero attached hydrogens (tertiary/aromatic N) is 1. The number of carbonyl (C=O) groups excluding carboxylic acids is 4. The van der Waals surface area contributed by atoms with E-state index < -0.39 is 83.1 Å². The summed E-state index contributed by atoms with van der Waals surface area (Å²) in [4.78, 5) is 56.9. The lowest BCUT2D eigenvalue weighted by atomic mass is 9.43. The van der Waals surface area contributed by atoms with E-state index >= 15 is 0 Å². The summed E-state index contributed by atoms with van der Waals surface area (Å²) in [6, 6.07) is 8.45. The van der Waals surface area contributed by atoms with Gasteiger partial charge in [-0.2, -0.15) is 0 Å². The number of hydrogen-bond donors (Lipinski definition) is 7. The van der Waals surface area contributed by atoms with Gasteiger partial charge in [-0.25, -0.2) is 18.1 Å². The number of nitrogens with two attached hydrogens (primary N) is 1. The van der Waals surface area contributed by atoms with E-state index in [1.165, 1.54) is 26.1 Å². The van der Waals surface area contributed by atoms with Crippen LogP contribution in [0.4, 0.5) is 0 Å². The van der Waals surface area contributed by atoms with Gasteiger partial charge in [-0.1, -0.05) is 44.2 Å². The van der Waals surface area contributed by atoms with Crippen LogP contribution in [-0.4, -0.2) is 104 Å². The van der Waals surface area contributed by atoms with Gasteiger partial charge in [0, 0.05) is 11.8 Å². The average molecular weight is 798 g/mol. The zero-order valence-electron chi connectivity index (χ0n) is 32.9. The minimum atomic E-state index is -4.20. The molecule has 1 aromatic carbocycles. The largest absolute Gasteiger partial charge is 0.481 e. The molecular weight excluding hydrogens is 741 g/mol. The van der Waals surface area contributed by atoms with Crippen LogP contribution in [0.2, 0.25) is 0 Å². The molecule has 2 bridgehead atoms. The predicted octanol–water partition coefficient (Wildman–Crippen LogP) is 0.783. The first-order valence-electron chi connectivity index (χ1n) is 19.3. The van der Waals surface area contributed by atoms with Crippen LogP contribution in [0.15, 0.2) is 53.7 Å². The molecule has 8 N–H and O–H groups in total. The molecular formula is C38H56BN7O9S. The van der Waals surface area contributed by atoms with Crippen LogP contribution in [0, 0.1) is 17.3 Å². The minimum absolute atomic E-state index is 0.0616. The van der Waals surface area contributed by atoms with Gasteiger partial charge in [0.15, 0.2) is 5.03 Å². The lowest BCUT2D eigenvalue weighted by Crippen LogP contribution is -2.65.